The number of aliphatic hydroxyl groups is 1. The van der Waals surface area contributed by atoms with E-state index in [1.165, 1.54) is 13.8 Å². The molecule has 1 saturated heterocycles. The quantitative estimate of drug-likeness (QED) is 0.662. The van der Waals surface area contributed by atoms with E-state index in [-0.39, 0.29) is 11.5 Å². The maximum Gasteiger partial charge on any atom is 0.254 e. The fourth-order valence-electron chi connectivity index (χ4n) is 1.42. The van der Waals surface area contributed by atoms with Crippen molar-refractivity contribution in [1.29, 1.82) is 0 Å². The molecular formula is C9H17NO3. The summed E-state index contributed by atoms with van der Waals surface area (Å²) in [4.78, 5) is 13.1. The van der Waals surface area contributed by atoms with Gasteiger partial charge in [-0.1, -0.05) is 0 Å². The Morgan fingerprint density at radius 2 is 2.00 bits per heavy atom. The number of methoxy groups -OCH3 is 1. The monoisotopic (exact) mass is 187 g/mol. The number of ether oxygens (including phenoxy) is 1. The molecule has 0 radical (unpaired) electrons. The lowest BCUT2D eigenvalue weighted by Crippen LogP contribution is -2.65. The third kappa shape index (κ3) is 2.00. The molecule has 0 unspecified atom stereocenters. The fourth-order valence-corrected chi connectivity index (χ4v) is 1.42. The molecule has 1 heterocycles. The molecule has 1 amide bonds. The molecule has 0 spiro atoms. The zero-order valence-corrected chi connectivity index (χ0v) is 8.63. The molecule has 0 bridgehead atoms. The van der Waals surface area contributed by atoms with Crippen molar-refractivity contribution in [3.05, 3.63) is 0 Å². The second-order valence-corrected chi connectivity index (χ2v) is 4.37. The van der Waals surface area contributed by atoms with Crippen LogP contribution >= 0.6 is 0 Å². The molecule has 1 fully saturated rings. The van der Waals surface area contributed by atoms with Gasteiger partial charge in [0.1, 0.15) is 5.60 Å². The first-order valence-corrected chi connectivity index (χ1v) is 4.35. The van der Waals surface area contributed by atoms with E-state index in [1.807, 2.05) is 6.92 Å². The number of hydrogen-bond donors (Lipinski definition) is 1. The fraction of sp³-hybridized carbons (Fsp3) is 0.889. The molecule has 76 valence electrons. The first kappa shape index (κ1) is 10.5. The van der Waals surface area contributed by atoms with Crippen LogP contribution in [-0.4, -0.2) is 47.3 Å². The summed E-state index contributed by atoms with van der Waals surface area (Å²) in [6.45, 7) is 6.06. The number of rotatable bonds is 2. The van der Waals surface area contributed by atoms with E-state index in [1.54, 1.807) is 12.0 Å². The van der Waals surface area contributed by atoms with Crippen LogP contribution in [0.3, 0.4) is 0 Å². The van der Waals surface area contributed by atoms with Crippen LogP contribution in [0.25, 0.3) is 0 Å². The summed E-state index contributed by atoms with van der Waals surface area (Å²) in [5, 5.41) is 9.43. The molecule has 0 aromatic heterocycles. The molecule has 1 aliphatic heterocycles. The first-order chi connectivity index (χ1) is 5.78. The van der Waals surface area contributed by atoms with Crippen molar-refractivity contribution in [2.45, 2.75) is 32.0 Å². The molecule has 13 heavy (non-hydrogen) atoms. The summed E-state index contributed by atoms with van der Waals surface area (Å²) in [6, 6.07) is 0. The summed E-state index contributed by atoms with van der Waals surface area (Å²) in [6.07, 6.45) is 0. The third-order valence-corrected chi connectivity index (χ3v) is 2.35. The Hall–Kier alpha value is -0.610. The van der Waals surface area contributed by atoms with Crippen LogP contribution < -0.4 is 0 Å². The Morgan fingerprint density at radius 1 is 1.54 bits per heavy atom. The topological polar surface area (TPSA) is 49.8 Å². The molecule has 4 heteroatoms. The van der Waals surface area contributed by atoms with E-state index < -0.39 is 5.60 Å². The molecule has 0 saturated carbocycles. The standard InChI is InChI=1S/C9H17NO3/c1-8(2,12)7(11)10-5-9(3,6-10)13-4/h12H,5-6H2,1-4H3. The molecule has 0 aromatic rings. The number of carbonyl (C=O) groups is 1. The van der Waals surface area contributed by atoms with Gasteiger partial charge in [0.05, 0.1) is 18.7 Å². The lowest BCUT2D eigenvalue weighted by atomic mass is 9.94. The van der Waals surface area contributed by atoms with Gasteiger partial charge in [0.25, 0.3) is 5.91 Å². The Bertz CT molecular complexity index is 213. The highest BCUT2D eigenvalue weighted by Crippen LogP contribution is 2.25. The molecule has 0 aliphatic carbocycles. The van der Waals surface area contributed by atoms with Crippen molar-refractivity contribution in [2.24, 2.45) is 0 Å². The van der Waals surface area contributed by atoms with Gasteiger partial charge in [0, 0.05) is 7.11 Å². The lowest BCUT2D eigenvalue weighted by Gasteiger charge is -2.48. The molecule has 0 aromatic carbocycles. The van der Waals surface area contributed by atoms with E-state index in [4.69, 9.17) is 4.74 Å². The van der Waals surface area contributed by atoms with Crippen molar-refractivity contribution in [3.63, 3.8) is 0 Å². The van der Waals surface area contributed by atoms with Gasteiger partial charge in [-0.25, -0.2) is 0 Å². The minimum Gasteiger partial charge on any atom is -0.381 e. The zero-order valence-electron chi connectivity index (χ0n) is 8.63. The SMILES string of the molecule is COC1(C)CN(C(=O)C(C)(C)O)C1. The molecule has 4 nitrogen and oxygen atoms in total. The van der Waals surface area contributed by atoms with Crippen LogP contribution in [0.15, 0.2) is 0 Å². The smallest absolute Gasteiger partial charge is 0.254 e. The third-order valence-electron chi connectivity index (χ3n) is 2.35. The Labute approximate surface area is 78.5 Å². The van der Waals surface area contributed by atoms with Crippen LogP contribution in [0.4, 0.5) is 0 Å². The Balaban J connectivity index is 2.49. The molecular weight excluding hydrogens is 170 g/mol. The second-order valence-electron chi connectivity index (χ2n) is 4.37. The summed E-state index contributed by atoms with van der Waals surface area (Å²) in [7, 11) is 1.63. The van der Waals surface area contributed by atoms with Crippen molar-refractivity contribution < 1.29 is 14.6 Å². The molecule has 1 N–H and O–H groups in total. The average Bonchev–Trinajstić information content (AvgIpc) is 1.95. The summed E-state index contributed by atoms with van der Waals surface area (Å²) in [5.74, 6) is -0.234. The molecule has 1 rings (SSSR count). The van der Waals surface area contributed by atoms with E-state index in [2.05, 4.69) is 0 Å². The average molecular weight is 187 g/mol. The Kier molecular flexibility index (Phi) is 2.38. The van der Waals surface area contributed by atoms with Crippen molar-refractivity contribution in [2.75, 3.05) is 20.2 Å². The number of nitrogens with zero attached hydrogens (tertiary/aromatic N) is 1. The number of carbonyl (C=O) groups excluding carboxylic acids is 1. The maximum atomic E-state index is 11.5. The molecule has 1 aliphatic rings. The van der Waals surface area contributed by atoms with Gasteiger partial charge in [0.2, 0.25) is 0 Å². The predicted molar refractivity (Wildman–Crippen MR) is 48.3 cm³/mol. The van der Waals surface area contributed by atoms with Gasteiger partial charge < -0.3 is 14.7 Å². The van der Waals surface area contributed by atoms with E-state index in [0.717, 1.165) is 0 Å². The van der Waals surface area contributed by atoms with Crippen LogP contribution in [0.2, 0.25) is 0 Å². The van der Waals surface area contributed by atoms with E-state index in [0.29, 0.717) is 13.1 Å². The Morgan fingerprint density at radius 3 is 2.31 bits per heavy atom. The van der Waals surface area contributed by atoms with Gasteiger partial charge in [-0.05, 0) is 20.8 Å². The minimum absolute atomic E-state index is 0.221. The summed E-state index contributed by atoms with van der Waals surface area (Å²) < 4.78 is 5.19. The first-order valence-electron chi connectivity index (χ1n) is 4.35. The van der Waals surface area contributed by atoms with Crippen LogP contribution in [0.5, 0.6) is 0 Å². The maximum absolute atomic E-state index is 11.5. The van der Waals surface area contributed by atoms with Crippen LogP contribution in [0, 0.1) is 0 Å². The van der Waals surface area contributed by atoms with Gasteiger partial charge in [-0.3, -0.25) is 4.79 Å². The van der Waals surface area contributed by atoms with Gasteiger partial charge in [-0.2, -0.15) is 0 Å². The van der Waals surface area contributed by atoms with Crippen LogP contribution in [0.1, 0.15) is 20.8 Å². The van der Waals surface area contributed by atoms with Crippen molar-refractivity contribution in [3.8, 4) is 0 Å². The number of amides is 1. The second kappa shape index (κ2) is 2.96. The number of hydrogen-bond acceptors (Lipinski definition) is 3. The zero-order chi connectivity index (χ0) is 10.3. The molecule has 0 atom stereocenters. The highest BCUT2D eigenvalue weighted by Gasteiger charge is 2.44. The van der Waals surface area contributed by atoms with E-state index >= 15 is 0 Å². The number of likely N-dealkylation sites (tertiary alicyclic amines) is 1. The van der Waals surface area contributed by atoms with Crippen molar-refractivity contribution >= 4 is 5.91 Å². The van der Waals surface area contributed by atoms with Crippen LogP contribution in [-0.2, 0) is 9.53 Å². The van der Waals surface area contributed by atoms with Gasteiger partial charge >= 0.3 is 0 Å². The predicted octanol–water partition coefficient (Wildman–Crippen LogP) is 0.00460. The highest BCUT2D eigenvalue weighted by molar-refractivity contribution is 5.85. The normalized spacial score (nSPS) is 21.2. The van der Waals surface area contributed by atoms with Crippen molar-refractivity contribution in [1.82, 2.24) is 4.90 Å². The largest absolute Gasteiger partial charge is 0.381 e. The lowest BCUT2D eigenvalue weighted by molar-refractivity contribution is -0.172. The van der Waals surface area contributed by atoms with Gasteiger partial charge in [0.15, 0.2) is 0 Å². The summed E-state index contributed by atoms with van der Waals surface area (Å²) in [5.41, 5.74) is -1.49. The highest BCUT2D eigenvalue weighted by atomic mass is 16.5. The van der Waals surface area contributed by atoms with E-state index in [9.17, 15) is 9.90 Å². The van der Waals surface area contributed by atoms with Gasteiger partial charge in [-0.15, -0.1) is 0 Å². The minimum atomic E-state index is -1.27. The summed E-state index contributed by atoms with van der Waals surface area (Å²) >= 11 is 0.